The average molecular weight is 410 g/mol. The minimum Gasteiger partial charge on any atom is -0.348 e. The minimum atomic E-state index is -2.29. The van der Waals surface area contributed by atoms with Gasteiger partial charge in [-0.05, 0) is 61.7 Å². The predicted octanol–water partition coefficient (Wildman–Crippen LogP) is 4.21. The van der Waals surface area contributed by atoms with Crippen LogP contribution in [-0.2, 0) is 17.8 Å². The van der Waals surface area contributed by atoms with Gasteiger partial charge in [-0.2, -0.15) is 0 Å². The van der Waals surface area contributed by atoms with Gasteiger partial charge in [-0.3, -0.25) is 14.3 Å². The maximum absolute atomic E-state index is 12.6. The van der Waals surface area contributed by atoms with Crippen LogP contribution in [0.2, 0.25) is 0 Å². The standard InChI is InChI=1S/C22H23N3O3S/c1-15-6-9-20(17(3)11-15)25(29(27)28)21-12-19(8-7-16(21)2)22(26)24-14-18-5-4-10-23-13-18/h4-13H,14H2,1-3H3,(H,24,26)(H,27,28). The molecule has 0 aliphatic rings. The Bertz CT molecular complexity index is 1050. The van der Waals surface area contributed by atoms with Crippen LogP contribution in [0.15, 0.2) is 60.9 Å². The molecule has 0 spiro atoms. The summed E-state index contributed by atoms with van der Waals surface area (Å²) in [5.74, 6) is -0.264. The molecular formula is C22H23N3O3S. The number of aryl methyl sites for hydroxylation is 3. The molecule has 0 aliphatic heterocycles. The van der Waals surface area contributed by atoms with Crippen LogP contribution in [0.3, 0.4) is 0 Å². The second kappa shape index (κ2) is 8.98. The Kier molecular flexibility index (Phi) is 6.41. The van der Waals surface area contributed by atoms with Gasteiger partial charge >= 0.3 is 0 Å². The summed E-state index contributed by atoms with van der Waals surface area (Å²) in [6.45, 7) is 6.05. The molecule has 6 nitrogen and oxygen atoms in total. The van der Waals surface area contributed by atoms with Crippen molar-refractivity contribution < 1.29 is 13.6 Å². The minimum absolute atomic E-state index is 0.264. The molecule has 3 rings (SSSR count). The Morgan fingerprint density at radius 1 is 1.07 bits per heavy atom. The van der Waals surface area contributed by atoms with Crippen molar-refractivity contribution in [1.29, 1.82) is 0 Å². The zero-order valence-corrected chi connectivity index (χ0v) is 17.4. The summed E-state index contributed by atoms with van der Waals surface area (Å²) < 4.78 is 23.6. The van der Waals surface area contributed by atoms with Gasteiger partial charge in [-0.1, -0.05) is 29.8 Å². The summed E-state index contributed by atoms with van der Waals surface area (Å²) in [6.07, 6.45) is 3.37. The molecule has 1 amide bonds. The van der Waals surface area contributed by atoms with E-state index in [2.05, 4.69) is 10.3 Å². The summed E-state index contributed by atoms with van der Waals surface area (Å²) in [5.41, 5.74) is 5.15. The molecule has 1 unspecified atom stereocenters. The topological polar surface area (TPSA) is 82.5 Å². The third-order valence-electron chi connectivity index (χ3n) is 4.59. The van der Waals surface area contributed by atoms with Crippen molar-refractivity contribution in [3.05, 3.63) is 88.7 Å². The van der Waals surface area contributed by atoms with Crippen LogP contribution in [0.25, 0.3) is 0 Å². The zero-order valence-electron chi connectivity index (χ0n) is 16.5. The highest BCUT2D eigenvalue weighted by molar-refractivity contribution is 7.81. The molecular weight excluding hydrogens is 386 g/mol. The second-order valence-corrected chi connectivity index (χ2v) is 7.69. The number of hydrogen-bond acceptors (Lipinski definition) is 3. The molecule has 2 aromatic carbocycles. The molecule has 2 N–H and O–H groups in total. The quantitative estimate of drug-likeness (QED) is 0.598. The van der Waals surface area contributed by atoms with Crippen molar-refractivity contribution in [3.63, 3.8) is 0 Å². The second-order valence-electron chi connectivity index (χ2n) is 6.86. The van der Waals surface area contributed by atoms with E-state index in [9.17, 15) is 13.6 Å². The molecule has 3 aromatic rings. The number of amides is 1. The van der Waals surface area contributed by atoms with E-state index in [1.54, 1.807) is 30.6 Å². The van der Waals surface area contributed by atoms with Gasteiger partial charge in [0.05, 0.1) is 11.4 Å². The highest BCUT2D eigenvalue weighted by Gasteiger charge is 2.21. The van der Waals surface area contributed by atoms with E-state index >= 15 is 0 Å². The fraction of sp³-hybridized carbons (Fsp3) is 0.182. The highest BCUT2D eigenvalue weighted by atomic mass is 32.2. The van der Waals surface area contributed by atoms with Gasteiger partial charge in [0.15, 0.2) is 0 Å². The Morgan fingerprint density at radius 3 is 2.52 bits per heavy atom. The van der Waals surface area contributed by atoms with E-state index < -0.39 is 11.3 Å². The van der Waals surface area contributed by atoms with Crippen LogP contribution in [0.5, 0.6) is 0 Å². The maximum Gasteiger partial charge on any atom is 0.266 e. The number of nitrogens with one attached hydrogen (secondary N) is 1. The molecule has 1 heterocycles. The van der Waals surface area contributed by atoms with Gasteiger partial charge in [0.2, 0.25) is 0 Å². The summed E-state index contributed by atoms with van der Waals surface area (Å²) >= 11 is -2.29. The van der Waals surface area contributed by atoms with E-state index in [0.717, 1.165) is 22.3 Å². The van der Waals surface area contributed by atoms with Crippen molar-refractivity contribution in [1.82, 2.24) is 10.3 Å². The Balaban J connectivity index is 1.92. The number of pyridine rings is 1. The molecule has 7 heteroatoms. The summed E-state index contributed by atoms with van der Waals surface area (Å²) in [4.78, 5) is 16.7. The van der Waals surface area contributed by atoms with E-state index in [4.69, 9.17) is 0 Å². The number of rotatable bonds is 6. The number of anilines is 2. The molecule has 150 valence electrons. The molecule has 0 aliphatic carbocycles. The number of benzene rings is 2. The number of carbonyl (C=O) groups excluding carboxylic acids is 1. The van der Waals surface area contributed by atoms with E-state index in [0.29, 0.717) is 23.5 Å². The lowest BCUT2D eigenvalue weighted by Crippen LogP contribution is -2.25. The van der Waals surface area contributed by atoms with Gasteiger partial charge < -0.3 is 5.32 Å². The lowest BCUT2D eigenvalue weighted by molar-refractivity contribution is 0.0951. The third-order valence-corrected chi connectivity index (χ3v) is 5.30. The first-order valence-electron chi connectivity index (χ1n) is 9.13. The number of aromatic nitrogens is 1. The van der Waals surface area contributed by atoms with Crippen LogP contribution < -0.4 is 9.62 Å². The van der Waals surface area contributed by atoms with Crippen LogP contribution in [-0.4, -0.2) is 19.7 Å². The van der Waals surface area contributed by atoms with E-state index in [1.807, 2.05) is 51.1 Å². The summed E-state index contributed by atoms with van der Waals surface area (Å²) in [6, 6.07) is 14.5. The zero-order chi connectivity index (χ0) is 21.0. The molecule has 29 heavy (non-hydrogen) atoms. The van der Waals surface area contributed by atoms with Gasteiger partial charge in [0.25, 0.3) is 17.2 Å². The number of nitrogens with zero attached hydrogens (tertiary/aromatic N) is 2. The fourth-order valence-electron chi connectivity index (χ4n) is 3.09. The summed E-state index contributed by atoms with van der Waals surface area (Å²) in [5, 5.41) is 2.85. The Hall–Kier alpha value is -3.03. The van der Waals surface area contributed by atoms with E-state index in [1.165, 1.54) is 4.31 Å². The lowest BCUT2D eigenvalue weighted by atomic mass is 10.1. The molecule has 0 bridgehead atoms. The normalized spacial score (nSPS) is 11.7. The molecule has 1 aromatic heterocycles. The van der Waals surface area contributed by atoms with Crippen LogP contribution in [0, 0.1) is 20.8 Å². The predicted molar refractivity (Wildman–Crippen MR) is 115 cm³/mol. The largest absolute Gasteiger partial charge is 0.348 e. The number of carbonyl (C=O) groups is 1. The average Bonchev–Trinajstić information content (AvgIpc) is 2.70. The third kappa shape index (κ3) is 4.88. The van der Waals surface area contributed by atoms with Gasteiger partial charge in [-0.15, -0.1) is 0 Å². The SMILES string of the molecule is Cc1ccc(N(c2cc(C(=O)NCc3cccnc3)ccc2C)S(=O)O)c(C)c1. The molecule has 0 radical (unpaired) electrons. The fourth-order valence-corrected chi connectivity index (χ4v) is 3.83. The first-order chi connectivity index (χ1) is 13.9. The smallest absolute Gasteiger partial charge is 0.266 e. The van der Waals surface area contributed by atoms with Crippen molar-refractivity contribution in [2.45, 2.75) is 27.3 Å². The first kappa shape index (κ1) is 20.7. The maximum atomic E-state index is 12.6. The highest BCUT2D eigenvalue weighted by Crippen LogP contribution is 2.33. The Morgan fingerprint density at radius 2 is 1.86 bits per heavy atom. The van der Waals surface area contributed by atoms with Crippen LogP contribution >= 0.6 is 0 Å². The van der Waals surface area contributed by atoms with Gasteiger partial charge in [-0.25, -0.2) is 8.51 Å². The lowest BCUT2D eigenvalue weighted by Gasteiger charge is -2.24. The Labute approximate surface area is 173 Å². The molecule has 1 atom stereocenters. The molecule has 0 saturated carbocycles. The monoisotopic (exact) mass is 409 g/mol. The first-order valence-corrected chi connectivity index (χ1v) is 10.2. The van der Waals surface area contributed by atoms with Crippen LogP contribution in [0.1, 0.15) is 32.6 Å². The number of hydrogen-bond donors (Lipinski definition) is 2. The van der Waals surface area contributed by atoms with Crippen molar-refractivity contribution >= 4 is 28.5 Å². The van der Waals surface area contributed by atoms with E-state index in [-0.39, 0.29) is 5.91 Å². The van der Waals surface area contributed by atoms with Crippen LogP contribution in [0.4, 0.5) is 11.4 Å². The van der Waals surface area contributed by atoms with Crippen molar-refractivity contribution in [2.24, 2.45) is 0 Å². The molecule has 0 fully saturated rings. The summed E-state index contributed by atoms with van der Waals surface area (Å²) in [7, 11) is 0. The molecule has 0 saturated heterocycles. The van der Waals surface area contributed by atoms with Gasteiger partial charge in [0, 0.05) is 24.5 Å². The van der Waals surface area contributed by atoms with Crippen molar-refractivity contribution in [3.8, 4) is 0 Å². The van der Waals surface area contributed by atoms with Gasteiger partial charge in [0.1, 0.15) is 0 Å². The van der Waals surface area contributed by atoms with Crippen molar-refractivity contribution in [2.75, 3.05) is 4.31 Å².